The number of hydrogen-bond acceptors (Lipinski definition) is 4. The van der Waals surface area contributed by atoms with Crippen LogP contribution < -0.4 is 16.2 Å². The van der Waals surface area contributed by atoms with Crippen LogP contribution in [0.5, 0.6) is 0 Å². The number of nitrogens with one attached hydrogen (secondary N) is 1. The highest BCUT2D eigenvalue weighted by molar-refractivity contribution is 5.94. The van der Waals surface area contributed by atoms with Gasteiger partial charge in [-0.05, 0) is 29.8 Å². The zero-order valence-corrected chi connectivity index (χ0v) is 14.4. The molecular formula is C19H22N4O3. The summed E-state index contributed by atoms with van der Waals surface area (Å²) in [7, 11) is 0. The fraction of sp³-hybridized carbons (Fsp3) is 0.263. The Bertz CT molecular complexity index is 760. The van der Waals surface area contributed by atoms with E-state index in [2.05, 4.69) is 5.43 Å². The molecule has 3 rings (SSSR count). The van der Waals surface area contributed by atoms with Crippen LogP contribution in [-0.2, 0) is 11.3 Å². The molecule has 136 valence electrons. The van der Waals surface area contributed by atoms with Crippen molar-refractivity contribution in [3.8, 4) is 0 Å². The lowest BCUT2D eigenvalue weighted by Gasteiger charge is -2.33. The maximum atomic E-state index is 13.1. The maximum Gasteiger partial charge on any atom is 0.324 e. The van der Waals surface area contributed by atoms with Crippen LogP contribution in [0.25, 0.3) is 0 Å². The van der Waals surface area contributed by atoms with Gasteiger partial charge in [0.05, 0.1) is 19.8 Å². The Kier molecular flexibility index (Phi) is 5.83. The van der Waals surface area contributed by atoms with Gasteiger partial charge in [0.2, 0.25) is 0 Å². The molecule has 7 heteroatoms. The van der Waals surface area contributed by atoms with E-state index < -0.39 is 0 Å². The topological polar surface area (TPSA) is 87.9 Å². The van der Waals surface area contributed by atoms with Gasteiger partial charge in [-0.2, -0.15) is 0 Å². The van der Waals surface area contributed by atoms with Crippen LogP contribution in [-0.4, -0.2) is 43.1 Å². The Hall–Kier alpha value is -2.90. The Balaban J connectivity index is 1.86. The summed E-state index contributed by atoms with van der Waals surface area (Å²) in [5.74, 6) is 4.85. The van der Waals surface area contributed by atoms with E-state index in [0.717, 1.165) is 11.3 Å². The van der Waals surface area contributed by atoms with Crippen molar-refractivity contribution in [1.29, 1.82) is 0 Å². The molecular weight excluding hydrogens is 332 g/mol. The lowest BCUT2D eigenvalue weighted by atomic mass is 10.1. The predicted octanol–water partition coefficient (Wildman–Crippen LogP) is 1.75. The van der Waals surface area contributed by atoms with Crippen molar-refractivity contribution in [2.75, 3.05) is 31.2 Å². The molecule has 1 heterocycles. The first kappa shape index (κ1) is 17.9. The lowest BCUT2D eigenvalue weighted by molar-refractivity contribution is 0.0548. The van der Waals surface area contributed by atoms with Crippen LogP contribution in [0.3, 0.4) is 0 Å². The normalized spacial score (nSPS) is 14.0. The highest BCUT2D eigenvalue weighted by atomic mass is 16.5. The Morgan fingerprint density at radius 3 is 2.50 bits per heavy atom. The molecule has 7 nitrogen and oxygen atoms in total. The minimum absolute atomic E-state index is 0.0758. The van der Waals surface area contributed by atoms with Gasteiger partial charge in [-0.3, -0.25) is 15.1 Å². The maximum absolute atomic E-state index is 13.1. The number of nitrogens with zero attached hydrogens (tertiary/aromatic N) is 2. The molecule has 1 fully saturated rings. The van der Waals surface area contributed by atoms with Crippen LogP contribution in [0.1, 0.15) is 15.9 Å². The molecule has 0 aliphatic carbocycles. The van der Waals surface area contributed by atoms with Gasteiger partial charge >= 0.3 is 6.03 Å². The standard InChI is InChI=1S/C19H22N4O3/c20-21-18(24)16-6-4-5-15(13-16)14-23(17-7-2-1-3-8-17)19(25)22-9-11-26-12-10-22/h1-8,13H,9-12,14,20H2,(H,21,24). The van der Waals surface area contributed by atoms with E-state index in [1.807, 2.05) is 36.4 Å². The first-order valence-electron chi connectivity index (χ1n) is 8.48. The van der Waals surface area contributed by atoms with E-state index in [4.69, 9.17) is 10.6 Å². The summed E-state index contributed by atoms with van der Waals surface area (Å²) in [5, 5.41) is 0. The number of nitrogens with two attached hydrogens (primary N) is 1. The van der Waals surface area contributed by atoms with Crippen molar-refractivity contribution >= 4 is 17.6 Å². The summed E-state index contributed by atoms with van der Waals surface area (Å²) in [6.07, 6.45) is 0. The fourth-order valence-corrected chi connectivity index (χ4v) is 2.88. The van der Waals surface area contributed by atoms with E-state index in [1.54, 1.807) is 28.0 Å². The molecule has 2 aromatic carbocycles. The van der Waals surface area contributed by atoms with Crippen molar-refractivity contribution in [3.05, 3.63) is 65.7 Å². The average molecular weight is 354 g/mol. The van der Waals surface area contributed by atoms with Gasteiger partial charge in [-0.1, -0.05) is 30.3 Å². The van der Waals surface area contributed by atoms with E-state index in [9.17, 15) is 9.59 Å². The number of carbonyl (C=O) groups is 2. The van der Waals surface area contributed by atoms with E-state index in [1.165, 1.54) is 0 Å². The molecule has 0 unspecified atom stereocenters. The average Bonchev–Trinajstić information content (AvgIpc) is 2.72. The summed E-state index contributed by atoms with van der Waals surface area (Å²) in [6.45, 7) is 2.57. The minimum atomic E-state index is -0.363. The SMILES string of the molecule is NNC(=O)c1cccc(CN(C(=O)N2CCOCC2)c2ccccc2)c1. The van der Waals surface area contributed by atoms with Crippen molar-refractivity contribution < 1.29 is 14.3 Å². The number of hydrogen-bond donors (Lipinski definition) is 2. The van der Waals surface area contributed by atoms with Gasteiger partial charge < -0.3 is 9.64 Å². The van der Waals surface area contributed by atoms with Crippen LogP contribution in [0.4, 0.5) is 10.5 Å². The molecule has 1 aliphatic rings. The molecule has 1 aliphatic heterocycles. The number of rotatable bonds is 4. The summed E-state index contributed by atoms with van der Waals surface area (Å²) >= 11 is 0. The molecule has 0 atom stereocenters. The third-order valence-corrected chi connectivity index (χ3v) is 4.24. The number of ether oxygens (including phenoxy) is 1. The van der Waals surface area contributed by atoms with Gasteiger partial charge in [-0.15, -0.1) is 0 Å². The quantitative estimate of drug-likeness (QED) is 0.497. The zero-order chi connectivity index (χ0) is 18.4. The van der Waals surface area contributed by atoms with E-state index in [0.29, 0.717) is 38.4 Å². The molecule has 0 spiro atoms. The first-order chi connectivity index (χ1) is 12.7. The Labute approximate surface area is 152 Å². The Morgan fingerprint density at radius 1 is 1.08 bits per heavy atom. The summed E-state index contributed by atoms with van der Waals surface area (Å²) in [4.78, 5) is 28.3. The molecule has 0 aromatic heterocycles. The molecule has 0 saturated carbocycles. The van der Waals surface area contributed by atoms with Gasteiger partial charge in [0.25, 0.3) is 5.91 Å². The van der Waals surface area contributed by atoms with Crippen LogP contribution >= 0.6 is 0 Å². The van der Waals surface area contributed by atoms with Crippen molar-refractivity contribution in [3.63, 3.8) is 0 Å². The number of hydrazine groups is 1. The number of morpholine rings is 1. The zero-order valence-electron chi connectivity index (χ0n) is 14.4. The van der Waals surface area contributed by atoms with E-state index >= 15 is 0 Å². The first-order valence-corrected chi connectivity index (χ1v) is 8.48. The van der Waals surface area contributed by atoms with Crippen molar-refractivity contribution in [1.82, 2.24) is 10.3 Å². The van der Waals surface area contributed by atoms with Gasteiger partial charge in [0.1, 0.15) is 0 Å². The highest BCUT2D eigenvalue weighted by Gasteiger charge is 2.24. The third kappa shape index (κ3) is 4.19. The van der Waals surface area contributed by atoms with E-state index in [-0.39, 0.29) is 11.9 Å². The largest absolute Gasteiger partial charge is 0.378 e. The molecule has 3 N–H and O–H groups in total. The second-order valence-corrected chi connectivity index (χ2v) is 5.98. The van der Waals surface area contributed by atoms with Crippen molar-refractivity contribution in [2.45, 2.75) is 6.54 Å². The van der Waals surface area contributed by atoms with Gasteiger partial charge in [-0.25, -0.2) is 10.6 Å². The smallest absolute Gasteiger partial charge is 0.324 e. The number of carbonyl (C=O) groups excluding carboxylic acids is 2. The molecule has 3 amide bonds. The molecule has 0 radical (unpaired) electrons. The second kappa shape index (κ2) is 8.46. The van der Waals surface area contributed by atoms with Crippen molar-refractivity contribution in [2.24, 2.45) is 5.84 Å². The second-order valence-electron chi connectivity index (χ2n) is 5.98. The van der Waals surface area contributed by atoms with Crippen LogP contribution in [0.15, 0.2) is 54.6 Å². The Morgan fingerprint density at radius 2 is 1.81 bits per heavy atom. The number of para-hydroxylation sites is 1. The monoisotopic (exact) mass is 354 g/mol. The third-order valence-electron chi connectivity index (χ3n) is 4.24. The van der Waals surface area contributed by atoms with Gasteiger partial charge in [0.15, 0.2) is 0 Å². The van der Waals surface area contributed by atoms with Crippen LogP contribution in [0.2, 0.25) is 0 Å². The fourth-order valence-electron chi connectivity index (χ4n) is 2.88. The number of amides is 3. The number of nitrogen functional groups attached to an aromatic ring is 1. The molecule has 1 saturated heterocycles. The highest BCUT2D eigenvalue weighted by Crippen LogP contribution is 2.20. The summed E-state index contributed by atoms with van der Waals surface area (Å²) in [5.41, 5.74) is 4.23. The molecule has 2 aromatic rings. The van der Waals surface area contributed by atoms with Gasteiger partial charge in [0, 0.05) is 24.3 Å². The van der Waals surface area contributed by atoms with Crippen LogP contribution in [0, 0.1) is 0 Å². The molecule has 0 bridgehead atoms. The minimum Gasteiger partial charge on any atom is -0.378 e. The summed E-state index contributed by atoms with van der Waals surface area (Å²) in [6, 6.07) is 16.5. The predicted molar refractivity (Wildman–Crippen MR) is 98.5 cm³/mol. The number of benzene rings is 2. The number of urea groups is 1. The lowest BCUT2D eigenvalue weighted by Crippen LogP contribution is -2.48. The summed E-state index contributed by atoms with van der Waals surface area (Å²) < 4.78 is 5.34. The number of anilines is 1. The molecule has 26 heavy (non-hydrogen) atoms.